The van der Waals surface area contributed by atoms with E-state index in [-0.39, 0.29) is 5.56 Å². The molecule has 1 aromatic heterocycles. The number of Topliss-reactive ketones (excluding diaryl/α,β-unsaturated/α-hetero) is 1. The lowest BCUT2D eigenvalue weighted by Crippen LogP contribution is -2.20. The Labute approximate surface area is 143 Å². The largest absolute Gasteiger partial charge is 0.445 e. The molecule has 0 amide bonds. The predicted octanol–water partition coefficient (Wildman–Crippen LogP) is 4.00. The van der Waals surface area contributed by atoms with Crippen LogP contribution in [0.2, 0.25) is 0 Å². The van der Waals surface area contributed by atoms with E-state index in [2.05, 4.69) is 4.98 Å². The van der Waals surface area contributed by atoms with Crippen LogP contribution in [-0.2, 0) is 4.74 Å². The van der Waals surface area contributed by atoms with E-state index < -0.39 is 23.7 Å². The first-order valence-corrected chi connectivity index (χ1v) is 7.61. The number of ether oxygens (including phenoxy) is 1. The van der Waals surface area contributed by atoms with Gasteiger partial charge >= 0.3 is 5.97 Å². The smallest absolute Gasteiger partial charge is 0.339 e. The molecule has 25 heavy (non-hydrogen) atoms. The fraction of sp³-hybridized carbons (Fsp3) is 0.0500. The number of esters is 1. The van der Waals surface area contributed by atoms with Crippen molar-refractivity contribution in [1.82, 2.24) is 4.98 Å². The summed E-state index contributed by atoms with van der Waals surface area (Å²) in [5.41, 5.74) is 1.09. The van der Waals surface area contributed by atoms with E-state index in [1.165, 1.54) is 36.7 Å². The van der Waals surface area contributed by atoms with Crippen LogP contribution in [0, 0.1) is 5.82 Å². The second kappa shape index (κ2) is 7.49. The van der Waals surface area contributed by atoms with Crippen LogP contribution in [0.4, 0.5) is 4.39 Å². The van der Waals surface area contributed by atoms with E-state index in [1.54, 1.807) is 42.5 Å². The second-order valence-corrected chi connectivity index (χ2v) is 5.30. The maximum atomic E-state index is 13.1. The van der Waals surface area contributed by atoms with Gasteiger partial charge in [0.15, 0.2) is 6.10 Å². The minimum atomic E-state index is -1.14. The van der Waals surface area contributed by atoms with E-state index in [0.717, 1.165) is 0 Å². The number of aromatic nitrogens is 1. The molecule has 1 unspecified atom stereocenters. The van der Waals surface area contributed by atoms with Crippen molar-refractivity contribution in [1.29, 1.82) is 0 Å². The van der Waals surface area contributed by atoms with Crippen molar-refractivity contribution in [2.75, 3.05) is 0 Å². The van der Waals surface area contributed by atoms with E-state index in [4.69, 9.17) is 4.74 Å². The van der Waals surface area contributed by atoms with Gasteiger partial charge in [-0.3, -0.25) is 9.78 Å². The molecule has 4 nitrogen and oxygen atoms in total. The van der Waals surface area contributed by atoms with Crippen LogP contribution in [0.25, 0.3) is 0 Å². The number of hydrogen-bond donors (Lipinski definition) is 0. The molecule has 2 aromatic carbocycles. The first-order valence-electron chi connectivity index (χ1n) is 7.61. The van der Waals surface area contributed by atoms with Crippen LogP contribution in [0.5, 0.6) is 0 Å². The average molecular weight is 335 g/mol. The molecular weight excluding hydrogens is 321 g/mol. The molecule has 1 heterocycles. The molecule has 0 aliphatic heterocycles. The van der Waals surface area contributed by atoms with Gasteiger partial charge in [0.1, 0.15) is 5.82 Å². The Morgan fingerprint density at radius 3 is 2.12 bits per heavy atom. The molecule has 0 aliphatic carbocycles. The van der Waals surface area contributed by atoms with Crippen molar-refractivity contribution in [3.8, 4) is 0 Å². The van der Waals surface area contributed by atoms with Gasteiger partial charge in [0.25, 0.3) is 0 Å². The molecule has 0 saturated heterocycles. The maximum absolute atomic E-state index is 13.1. The number of carbonyl (C=O) groups excluding carboxylic acids is 2. The summed E-state index contributed by atoms with van der Waals surface area (Å²) in [6.45, 7) is 0. The van der Waals surface area contributed by atoms with Crippen molar-refractivity contribution in [2.24, 2.45) is 0 Å². The summed E-state index contributed by atoms with van der Waals surface area (Å²) >= 11 is 0. The third-order valence-corrected chi connectivity index (χ3v) is 3.61. The zero-order valence-corrected chi connectivity index (χ0v) is 13.1. The van der Waals surface area contributed by atoms with Crippen molar-refractivity contribution in [3.05, 3.63) is 102 Å². The lowest BCUT2D eigenvalue weighted by Gasteiger charge is -2.17. The Morgan fingerprint density at radius 1 is 0.840 bits per heavy atom. The first-order chi connectivity index (χ1) is 12.1. The Bertz CT molecular complexity index is 864. The highest BCUT2D eigenvalue weighted by Crippen LogP contribution is 2.24. The van der Waals surface area contributed by atoms with E-state index in [0.29, 0.717) is 11.1 Å². The Kier molecular flexibility index (Phi) is 4.95. The molecule has 1 atom stereocenters. The van der Waals surface area contributed by atoms with Crippen LogP contribution in [0.3, 0.4) is 0 Å². The van der Waals surface area contributed by atoms with Crippen LogP contribution >= 0.6 is 0 Å². The lowest BCUT2D eigenvalue weighted by molar-refractivity contribution is 0.0280. The average Bonchev–Trinajstić information content (AvgIpc) is 2.67. The fourth-order valence-corrected chi connectivity index (χ4v) is 2.33. The monoisotopic (exact) mass is 335 g/mol. The highest BCUT2D eigenvalue weighted by Gasteiger charge is 2.26. The molecule has 124 valence electrons. The molecule has 0 spiro atoms. The molecule has 0 fully saturated rings. The molecule has 3 rings (SSSR count). The number of hydrogen-bond acceptors (Lipinski definition) is 4. The Morgan fingerprint density at radius 2 is 1.48 bits per heavy atom. The van der Waals surface area contributed by atoms with E-state index >= 15 is 0 Å². The number of nitrogens with zero attached hydrogens (tertiary/aromatic N) is 1. The molecule has 0 aliphatic rings. The van der Waals surface area contributed by atoms with Crippen LogP contribution < -0.4 is 0 Å². The molecule has 0 radical (unpaired) electrons. The lowest BCUT2D eigenvalue weighted by atomic mass is 10.0. The summed E-state index contributed by atoms with van der Waals surface area (Å²) in [7, 11) is 0. The van der Waals surface area contributed by atoms with E-state index in [1.807, 2.05) is 0 Å². The topological polar surface area (TPSA) is 56.3 Å². The third-order valence-electron chi connectivity index (χ3n) is 3.61. The molecule has 0 bridgehead atoms. The van der Waals surface area contributed by atoms with Crippen molar-refractivity contribution >= 4 is 11.8 Å². The first kappa shape index (κ1) is 16.5. The van der Waals surface area contributed by atoms with Crippen LogP contribution in [0.1, 0.15) is 32.4 Å². The van der Waals surface area contributed by atoms with Gasteiger partial charge in [-0.25, -0.2) is 9.18 Å². The third kappa shape index (κ3) is 3.95. The summed E-state index contributed by atoms with van der Waals surface area (Å²) in [6, 6.07) is 16.7. The number of ketones is 1. The van der Waals surface area contributed by atoms with Crippen LogP contribution in [-0.4, -0.2) is 16.7 Å². The predicted molar refractivity (Wildman–Crippen MR) is 89.6 cm³/mol. The van der Waals surface area contributed by atoms with Crippen molar-refractivity contribution < 1.29 is 18.7 Å². The number of pyridine rings is 1. The normalized spacial score (nSPS) is 11.6. The van der Waals surface area contributed by atoms with Crippen molar-refractivity contribution in [3.63, 3.8) is 0 Å². The molecular formula is C20H14FNO3. The number of benzene rings is 2. The van der Waals surface area contributed by atoms with Gasteiger partial charge in [-0.15, -0.1) is 0 Å². The maximum Gasteiger partial charge on any atom is 0.339 e. The summed E-state index contributed by atoms with van der Waals surface area (Å²) in [6.07, 6.45) is 1.88. The molecule has 3 aromatic rings. The summed E-state index contributed by atoms with van der Waals surface area (Å²) in [5.74, 6) is -1.49. The number of halogens is 1. The van der Waals surface area contributed by atoms with Gasteiger partial charge < -0.3 is 4.74 Å². The van der Waals surface area contributed by atoms with Gasteiger partial charge in [0.2, 0.25) is 5.78 Å². The van der Waals surface area contributed by atoms with Gasteiger partial charge in [0.05, 0.1) is 5.56 Å². The molecule has 0 N–H and O–H groups in total. The molecule has 5 heteroatoms. The van der Waals surface area contributed by atoms with Gasteiger partial charge in [-0.05, 0) is 48.5 Å². The van der Waals surface area contributed by atoms with Gasteiger partial charge in [0, 0.05) is 23.5 Å². The Hall–Kier alpha value is -3.34. The van der Waals surface area contributed by atoms with E-state index in [9.17, 15) is 14.0 Å². The number of carbonyl (C=O) groups is 2. The number of rotatable bonds is 5. The summed E-state index contributed by atoms with van der Waals surface area (Å²) in [4.78, 5) is 29.1. The highest BCUT2D eigenvalue weighted by atomic mass is 19.1. The van der Waals surface area contributed by atoms with Gasteiger partial charge in [-0.1, -0.05) is 18.2 Å². The second-order valence-electron chi connectivity index (χ2n) is 5.30. The zero-order valence-electron chi connectivity index (χ0n) is 13.1. The molecule has 0 saturated carbocycles. The fourth-order valence-electron chi connectivity index (χ4n) is 2.33. The quantitative estimate of drug-likeness (QED) is 0.522. The minimum absolute atomic E-state index is 0.254. The van der Waals surface area contributed by atoms with Crippen LogP contribution in [0.15, 0.2) is 79.1 Å². The SMILES string of the molecule is O=C(OC(C(=O)c1ccc(F)cc1)c1ccncc1)c1ccccc1. The minimum Gasteiger partial charge on any atom is -0.445 e. The summed E-state index contributed by atoms with van der Waals surface area (Å²) < 4.78 is 18.6. The van der Waals surface area contributed by atoms with Crippen molar-refractivity contribution in [2.45, 2.75) is 6.10 Å². The zero-order chi connectivity index (χ0) is 17.6. The Balaban J connectivity index is 1.91. The standard InChI is InChI=1S/C20H14FNO3/c21-17-8-6-14(7-9-17)18(23)19(15-10-12-22-13-11-15)25-20(24)16-4-2-1-3-5-16/h1-13,19H. The summed E-state index contributed by atoms with van der Waals surface area (Å²) in [5, 5.41) is 0. The van der Waals surface area contributed by atoms with Gasteiger partial charge in [-0.2, -0.15) is 0 Å². The highest BCUT2D eigenvalue weighted by molar-refractivity contribution is 6.02.